The molecule has 98 valence electrons. The van der Waals surface area contributed by atoms with Crippen LogP contribution >= 0.6 is 23.2 Å². The van der Waals surface area contributed by atoms with Crippen LogP contribution in [0.2, 0.25) is 10.0 Å². The van der Waals surface area contributed by atoms with E-state index >= 15 is 0 Å². The van der Waals surface area contributed by atoms with Crippen LogP contribution in [0.15, 0.2) is 36.4 Å². The summed E-state index contributed by atoms with van der Waals surface area (Å²) in [5, 5.41) is 3.33. The fourth-order valence-electron chi connectivity index (χ4n) is 1.45. The first kappa shape index (κ1) is 13.6. The van der Waals surface area contributed by atoms with Crippen LogP contribution in [0.5, 0.6) is 0 Å². The van der Waals surface area contributed by atoms with E-state index in [1.54, 1.807) is 12.1 Å². The number of halogens is 3. The standard InChI is InChI=1S/C13H9Cl2FN2O/c14-8-2-4-12(9(15)6-8)18-13(19)7-1-3-11(17)10(16)5-7/h1-6H,17H2,(H,18,19). The van der Waals surface area contributed by atoms with Crippen LogP contribution in [0.4, 0.5) is 15.8 Å². The van der Waals surface area contributed by atoms with Crippen molar-refractivity contribution in [2.24, 2.45) is 0 Å². The van der Waals surface area contributed by atoms with Crippen molar-refractivity contribution in [2.75, 3.05) is 11.1 Å². The second-order valence-corrected chi connectivity index (χ2v) is 4.66. The van der Waals surface area contributed by atoms with Gasteiger partial charge in [-0.1, -0.05) is 23.2 Å². The number of anilines is 2. The average molecular weight is 299 g/mol. The Morgan fingerprint density at radius 1 is 1.16 bits per heavy atom. The highest BCUT2D eigenvalue weighted by Gasteiger charge is 2.10. The lowest BCUT2D eigenvalue weighted by molar-refractivity contribution is 0.102. The summed E-state index contributed by atoms with van der Waals surface area (Å²) in [5.74, 6) is -1.13. The van der Waals surface area contributed by atoms with Crippen molar-refractivity contribution in [2.45, 2.75) is 0 Å². The SMILES string of the molecule is Nc1ccc(C(=O)Nc2ccc(Cl)cc2Cl)cc1F. The molecular weight excluding hydrogens is 290 g/mol. The molecule has 0 saturated carbocycles. The molecule has 0 atom stereocenters. The maximum absolute atomic E-state index is 13.3. The Balaban J connectivity index is 2.23. The Bertz CT molecular complexity index is 647. The van der Waals surface area contributed by atoms with E-state index in [0.29, 0.717) is 15.7 Å². The monoisotopic (exact) mass is 298 g/mol. The van der Waals surface area contributed by atoms with E-state index < -0.39 is 11.7 Å². The highest BCUT2D eigenvalue weighted by atomic mass is 35.5. The number of benzene rings is 2. The summed E-state index contributed by atoms with van der Waals surface area (Å²) in [4.78, 5) is 11.9. The number of nitrogen functional groups attached to an aromatic ring is 1. The molecule has 0 radical (unpaired) electrons. The van der Waals surface area contributed by atoms with Gasteiger partial charge in [0.15, 0.2) is 0 Å². The molecule has 0 aromatic heterocycles. The molecular formula is C13H9Cl2FN2O. The van der Waals surface area contributed by atoms with Crippen molar-refractivity contribution < 1.29 is 9.18 Å². The Hall–Kier alpha value is -1.78. The lowest BCUT2D eigenvalue weighted by Crippen LogP contribution is -2.12. The van der Waals surface area contributed by atoms with Crippen molar-refractivity contribution in [1.29, 1.82) is 0 Å². The Labute approximate surface area is 119 Å². The van der Waals surface area contributed by atoms with Crippen LogP contribution in [0.1, 0.15) is 10.4 Å². The van der Waals surface area contributed by atoms with Gasteiger partial charge in [-0.15, -0.1) is 0 Å². The molecule has 3 N–H and O–H groups in total. The second kappa shape index (κ2) is 5.47. The molecule has 3 nitrogen and oxygen atoms in total. The molecule has 0 bridgehead atoms. The number of nitrogens with two attached hydrogens (primary N) is 1. The van der Waals surface area contributed by atoms with Gasteiger partial charge in [0.05, 0.1) is 16.4 Å². The minimum Gasteiger partial charge on any atom is -0.396 e. The molecule has 0 aliphatic carbocycles. The van der Waals surface area contributed by atoms with E-state index in [1.165, 1.54) is 18.2 Å². The Morgan fingerprint density at radius 2 is 1.89 bits per heavy atom. The molecule has 0 heterocycles. The summed E-state index contributed by atoms with van der Waals surface area (Å²) in [6, 6.07) is 8.48. The number of carbonyl (C=O) groups is 1. The number of hydrogen-bond donors (Lipinski definition) is 2. The second-order valence-electron chi connectivity index (χ2n) is 3.81. The summed E-state index contributed by atoms with van der Waals surface area (Å²) in [7, 11) is 0. The maximum Gasteiger partial charge on any atom is 0.255 e. The van der Waals surface area contributed by atoms with Crippen molar-refractivity contribution in [1.82, 2.24) is 0 Å². The minimum atomic E-state index is -0.644. The summed E-state index contributed by atoms with van der Waals surface area (Å²) in [6.07, 6.45) is 0. The number of hydrogen-bond acceptors (Lipinski definition) is 2. The topological polar surface area (TPSA) is 55.1 Å². The molecule has 2 aromatic rings. The zero-order chi connectivity index (χ0) is 14.0. The first-order chi connectivity index (χ1) is 8.97. The first-order valence-corrected chi connectivity index (χ1v) is 6.04. The van der Waals surface area contributed by atoms with Gasteiger partial charge in [0.1, 0.15) is 5.82 Å². The van der Waals surface area contributed by atoms with Gasteiger partial charge in [0.25, 0.3) is 5.91 Å². The molecule has 0 saturated heterocycles. The highest BCUT2D eigenvalue weighted by Crippen LogP contribution is 2.26. The van der Waals surface area contributed by atoms with Gasteiger partial charge in [-0.2, -0.15) is 0 Å². The Morgan fingerprint density at radius 3 is 2.53 bits per heavy atom. The van der Waals surface area contributed by atoms with Gasteiger partial charge in [-0.25, -0.2) is 4.39 Å². The summed E-state index contributed by atoms with van der Waals surface area (Å²) in [5.41, 5.74) is 5.87. The average Bonchev–Trinajstić information content (AvgIpc) is 2.36. The van der Waals surface area contributed by atoms with Gasteiger partial charge in [0, 0.05) is 10.6 Å². The third kappa shape index (κ3) is 3.16. The molecule has 0 aliphatic heterocycles. The quantitative estimate of drug-likeness (QED) is 0.824. The van der Waals surface area contributed by atoms with Crippen LogP contribution in [0.25, 0.3) is 0 Å². The predicted octanol–water partition coefficient (Wildman–Crippen LogP) is 3.97. The van der Waals surface area contributed by atoms with E-state index in [-0.39, 0.29) is 11.3 Å². The molecule has 0 fully saturated rings. The number of carbonyl (C=O) groups excluding carboxylic acids is 1. The van der Waals surface area contributed by atoms with E-state index in [4.69, 9.17) is 28.9 Å². The molecule has 2 rings (SSSR count). The zero-order valence-corrected chi connectivity index (χ0v) is 11.1. The van der Waals surface area contributed by atoms with Crippen LogP contribution in [-0.2, 0) is 0 Å². The minimum absolute atomic E-state index is 0.0129. The largest absolute Gasteiger partial charge is 0.396 e. The maximum atomic E-state index is 13.3. The van der Waals surface area contributed by atoms with Gasteiger partial charge >= 0.3 is 0 Å². The lowest BCUT2D eigenvalue weighted by atomic mass is 10.2. The van der Waals surface area contributed by atoms with Gasteiger partial charge in [-0.05, 0) is 36.4 Å². The van der Waals surface area contributed by atoms with E-state index in [9.17, 15) is 9.18 Å². The third-order valence-corrected chi connectivity index (χ3v) is 2.99. The molecule has 2 aromatic carbocycles. The molecule has 0 spiro atoms. The first-order valence-electron chi connectivity index (χ1n) is 5.29. The summed E-state index contributed by atoms with van der Waals surface area (Å²) < 4.78 is 13.3. The number of nitrogens with one attached hydrogen (secondary N) is 1. The molecule has 19 heavy (non-hydrogen) atoms. The fourth-order valence-corrected chi connectivity index (χ4v) is 1.91. The van der Waals surface area contributed by atoms with Crippen molar-refractivity contribution >= 4 is 40.5 Å². The van der Waals surface area contributed by atoms with Gasteiger partial charge in [0.2, 0.25) is 0 Å². The van der Waals surface area contributed by atoms with Gasteiger partial charge < -0.3 is 11.1 Å². The zero-order valence-electron chi connectivity index (χ0n) is 9.58. The lowest BCUT2D eigenvalue weighted by Gasteiger charge is -2.08. The van der Waals surface area contributed by atoms with Crippen molar-refractivity contribution in [3.63, 3.8) is 0 Å². The van der Waals surface area contributed by atoms with Crippen LogP contribution in [0.3, 0.4) is 0 Å². The molecule has 0 aliphatic rings. The highest BCUT2D eigenvalue weighted by molar-refractivity contribution is 6.36. The van der Waals surface area contributed by atoms with Crippen LogP contribution < -0.4 is 11.1 Å². The smallest absolute Gasteiger partial charge is 0.255 e. The van der Waals surface area contributed by atoms with Crippen LogP contribution in [0, 0.1) is 5.82 Å². The van der Waals surface area contributed by atoms with E-state index in [0.717, 1.165) is 6.07 Å². The molecule has 6 heteroatoms. The van der Waals surface area contributed by atoms with E-state index in [1.807, 2.05) is 0 Å². The Kier molecular flexibility index (Phi) is 3.93. The summed E-state index contributed by atoms with van der Waals surface area (Å²) in [6.45, 7) is 0. The van der Waals surface area contributed by atoms with Crippen molar-refractivity contribution in [3.8, 4) is 0 Å². The van der Waals surface area contributed by atoms with E-state index in [2.05, 4.69) is 5.32 Å². The molecule has 1 amide bonds. The number of amides is 1. The normalized spacial score (nSPS) is 10.3. The van der Waals surface area contributed by atoms with Crippen molar-refractivity contribution in [3.05, 3.63) is 57.8 Å². The fraction of sp³-hybridized carbons (Fsp3) is 0. The summed E-state index contributed by atoms with van der Waals surface area (Å²) >= 11 is 11.7. The third-order valence-electron chi connectivity index (χ3n) is 2.44. The van der Waals surface area contributed by atoms with Gasteiger partial charge in [-0.3, -0.25) is 4.79 Å². The van der Waals surface area contributed by atoms with Crippen LogP contribution in [-0.4, -0.2) is 5.91 Å². The predicted molar refractivity (Wildman–Crippen MR) is 75.2 cm³/mol. The number of rotatable bonds is 2. The molecule has 0 unspecified atom stereocenters.